The van der Waals surface area contributed by atoms with Crippen molar-refractivity contribution < 1.29 is 14.1 Å². The van der Waals surface area contributed by atoms with Crippen LogP contribution in [0.15, 0.2) is 22.7 Å². The Balaban J connectivity index is 1.76. The predicted octanol–water partition coefficient (Wildman–Crippen LogP) is 2.20. The van der Waals surface area contributed by atoms with Crippen molar-refractivity contribution in [1.82, 2.24) is 15.0 Å². The zero-order valence-corrected chi connectivity index (χ0v) is 14.2. The van der Waals surface area contributed by atoms with Crippen LogP contribution in [0.2, 0.25) is 0 Å². The van der Waals surface area contributed by atoms with Gasteiger partial charge in [-0.2, -0.15) is 0 Å². The predicted molar refractivity (Wildman–Crippen MR) is 89.0 cm³/mol. The Morgan fingerprint density at radius 2 is 2.25 bits per heavy atom. The van der Waals surface area contributed by atoms with Gasteiger partial charge in [0.1, 0.15) is 6.10 Å². The van der Waals surface area contributed by atoms with Gasteiger partial charge in [0.05, 0.1) is 24.5 Å². The summed E-state index contributed by atoms with van der Waals surface area (Å²) in [5.74, 6) is 0.123. The van der Waals surface area contributed by atoms with Gasteiger partial charge in [-0.25, -0.2) is 0 Å². The van der Waals surface area contributed by atoms with E-state index in [1.54, 1.807) is 11.0 Å². The van der Waals surface area contributed by atoms with E-state index in [0.29, 0.717) is 19.7 Å². The number of aryl methyl sites for hydroxylation is 2. The number of aromatic nitrogens is 2. The first-order valence-corrected chi connectivity index (χ1v) is 8.13. The van der Waals surface area contributed by atoms with Crippen LogP contribution in [0.25, 0.3) is 0 Å². The Labute approximate surface area is 141 Å². The summed E-state index contributed by atoms with van der Waals surface area (Å²) in [6.45, 7) is 5.36. The Kier molecular flexibility index (Phi) is 4.80. The molecule has 24 heavy (non-hydrogen) atoms. The molecule has 0 bridgehead atoms. The summed E-state index contributed by atoms with van der Waals surface area (Å²) in [5, 5.41) is 7.00. The van der Waals surface area contributed by atoms with E-state index in [0.717, 1.165) is 29.2 Å². The fourth-order valence-corrected chi connectivity index (χ4v) is 2.75. The van der Waals surface area contributed by atoms with Gasteiger partial charge >= 0.3 is 0 Å². The molecule has 2 aromatic heterocycles. The lowest BCUT2D eigenvalue weighted by atomic mass is 10.1. The summed E-state index contributed by atoms with van der Waals surface area (Å²) in [6, 6.07) is 5.63. The number of carbonyl (C=O) groups is 1. The molecule has 1 N–H and O–H groups in total. The van der Waals surface area contributed by atoms with Gasteiger partial charge in [-0.05, 0) is 25.5 Å². The third-order valence-corrected chi connectivity index (χ3v) is 4.08. The molecule has 3 rings (SSSR count). The molecule has 1 fully saturated rings. The van der Waals surface area contributed by atoms with Gasteiger partial charge in [0.15, 0.2) is 0 Å². The second kappa shape index (κ2) is 7.00. The van der Waals surface area contributed by atoms with Crippen molar-refractivity contribution in [3.63, 3.8) is 0 Å². The molecule has 0 spiro atoms. The minimum Gasteiger partial charge on any atom is -0.388 e. The summed E-state index contributed by atoms with van der Waals surface area (Å²) in [7, 11) is 1.87. The van der Waals surface area contributed by atoms with E-state index >= 15 is 0 Å². The van der Waals surface area contributed by atoms with E-state index in [1.807, 2.05) is 33.0 Å². The highest BCUT2D eigenvalue weighted by molar-refractivity contribution is 5.91. The van der Waals surface area contributed by atoms with Crippen LogP contribution in [-0.2, 0) is 11.2 Å². The number of anilines is 1. The molecule has 0 radical (unpaired) electrons. The number of ether oxygens (including phenoxy) is 1. The molecule has 128 valence electrons. The number of carbonyl (C=O) groups excluding carboxylic acids is 1. The fraction of sp³-hybridized carbons (Fsp3) is 0.471. The van der Waals surface area contributed by atoms with Crippen LogP contribution in [0.5, 0.6) is 0 Å². The molecule has 0 aromatic carbocycles. The van der Waals surface area contributed by atoms with Crippen LogP contribution in [0.4, 0.5) is 5.69 Å². The topological polar surface area (TPSA) is 80.5 Å². The van der Waals surface area contributed by atoms with Crippen molar-refractivity contribution in [3.05, 3.63) is 41.0 Å². The maximum atomic E-state index is 12.6. The highest BCUT2D eigenvalue weighted by Gasteiger charge is 2.29. The van der Waals surface area contributed by atoms with Gasteiger partial charge in [-0.15, -0.1) is 0 Å². The van der Waals surface area contributed by atoms with Crippen molar-refractivity contribution in [2.24, 2.45) is 0 Å². The molecule has 7 heteroatoms. The van der Waals surface area contributed by atoms with Crippen LogP contribution >= 0.6 is 0 Å². The first kappa shape index (κ1) is 16.4. The highest BCUT2D eigenvalue weighted by Crippen LogP contribution is 2.24. The second-order valence-corrected chi connectivity index (χ2v) is 5.82. The zero-order valence-electron chi connectivity index (χ0n) is 14.2. The van der Waals surface area contributed by atoms with Gasteiger partial charge in [0, 0.05) is 31.0 Å². The lowest BCUT2D eigenvalue weighted by Gasteiger charge is -2.32. The number of morpholine rings is 1. The smallest absolute Gasteiger partial charge is 0.292 e. The molecule has 1 aliphatic heterocycles. The number of rotatable bonds is 4. The average Bonchev–Trinajstić information content (AvgIpc) is 3.09. The molecule has 7 nitrogen and oxygen atoms in total. The average molecular weight is 330 g/mol. The summed E-state index contributed by atoms with van der Waals surface area (Å²) >= 11 is 0. The van der Waals surface area contributed by atoms with Gasteiger partial charge in [0.25, 0.3) is 5.91 Å². The summed E-state index contributed by atoms with van der Waals surface area (Å²) < 4.78 is 11.0. The molecule has 1 aliphatic rings. The Hall–Kier alpha value is -2.41. The second-order valence-electron chi connectivity index (χ2n) is 5.82. The normalized spacial score (nSPS) is 17.8. The van der Waals surface area contributed by atoms with Crippen LogP contribution in [0.3, 0.4) is 0 Å². The van der Waals surface area contributed by atoms with E-state index < -0.39 is 0 Å². The molecule has 1 atom stereocenters. The third-order valence-electron chi connectivity index (χ3n) is 4.08. The molecular weight excluding hydrogens is 308 g/mol. The molecule has 1 saturated heterocycles. The Morgan fingerprint density at radius 1 is 1.42 bits per heavy atom. The fourth-order valence-electron chi connectivity index (χ4n) is 2.75. The minimum atomic E-state index is -0.247. The largest absolute Gasteiger partial charge is 0.388 e. The van der Waals surface area contributed by atoms with Crippen LogP contribution in [-0.4, -0.2) is 47.7 Å². The summed E-state index contributed by atoms with van der Waals surface area (Å²) in [6.07, 6.45) is 0.492. The Bertz CT molecular complexity index is 728. The number of pyridine rings is 1. The lowest BCUT2D eigenvalue weighted by molar-refractivity contribution is -0.0259. The number of hydrogen-bond acceptors (Lipinski definition) is 6. The van der Waals surface area contributed by atoms with Crippen molar-refractivity contribution in [2.45, 2.75) is 26.4 Å². The standard InChI is InChI=1S/C17H22N4O3/c1-4-12-9-15(24-20-12)17(22)21-5-6-23-16(10-21)14-8-13(18-3)7-11(2)19-14/h7-9,16H,4-6,10H2,1-3H3,(H,18,19). The van der Waals surface area contributed by atoms with E-state index in [2.05, 4.69) is 15.5 Å². The van der Waals surface area contributed by atoms with Crippen LogP contribution < -0.4 is 5.32 Å². The van der Waals surface area contributed by atoms with Gasteiger partial charge in [-0.3, -0.25) is 9.78 Å². The Morgan fingerprint density at radius 3 is 2.96 bits per heavy atom. The number of amides is 1. The van der Waals surface area contributed by atoms with Crippen molar-refractivity contribution >= 4 is 11.6 Å². The molecule has 1 unspecified atom stereocenters. The van der Waals surface area contributed by atoms with Crippen LogP contribution in [0, 0.1) is 6.92 Å². The molecule has 2 aromatic rings. The summed E-state index contributed by atoms with van der Waals surface area (Å²) in [5.41, 5.74) is 3.49. The minimum absolute atomic E-state index is 0.156. The van der Waals surface area contributed by atoms with Gasteiger partial charge < -0.3 is 19.5 Å². The van der Waals surface area contributed by atoms with Crippen molar-refractivity contribution in [2.75, 3.05) is 32.1 Å². The van der Waals surface area contributed by atoms with Crippen molar-refractivity contribution in [1.29, 1.82) is 0 Å². The maximum Gasteiger partial charge on any atom is 0.292 e. The molecule has 0 saturated carbocycles. The zero-order chi connectivity index (χ0) is 17.1. The molecule has 0 aliphatic carbocycles. The molecular formula is C17H22N4O3. The van der Waals surface area contributed by atoms with Gasteiger partial charge in [0.2, 0.25) is 5.76 Å². The SMILES string of the molecule is CCc1cc(C(=O)N2CCOC(c3cc(NC)cc(C)n3)C2)on1. The molecule has 3 heterocycles. The quantitative estimate of drug-likeness (QED) is 0.925. The van der Waals surface area contributed by atoms with E-state index in [1.165, 1.54) is 0 Å². The van der Waals surface area contributed by atoms with Crippen molar-refractivity contribution in [3.8, 4) is 0 Å². The lowest BCUT2D eigenvalue weighted by Crippen LogP contribution is -2.42. The number of nitrogens with one attached hydrogen (secondary N) is 1. The number of nitrogens with zero attached hydrogens (tertiary/aromatic N) is 3. The monoisotopic (exact) mass is 330 g/mol. The summed E-state index contributed by atoms with van der Waals surface area (Å²) in [4.78, 5) is 18.9. The van der Waals surface area contributed by atoms with E-state index in [9.17, 15) is 4.79 Å². The molecule has 1 amide bonds. The maximum absolute atomic E-state index is 12.6. The first-order chi connectivity index (χ1) is 11.6. The first-order valence-electron chi connectivity index (χ1n) is 8.13. The third kappa shape index (κ3) is 3.41. The van der Waals surface area contributed by atoms with E-state index in [4.69, 9.17) is 9.26 Å². The van der Waals surface area contributed by atoms with Gasteiger partial charge in [-0.1, -0.05) is 12.1 Å². The van der Waals surface area contributed by atoms with Crippen LogP contribution in [0.1, 0.15) is 40.7 Å². The number of hydrogen-bond donors (Lipinski definition) is 1. The highest BCUT2D eigenvalue weighted by atomic mass is 16.5. The van der Waals surface area contributed by atoms with E-state index in [-0.39, 0.29) is 17.8 Å².